The zero-order valence-electron chi connectivity index (χ0n) is 80.3. The first kappa shape index (κ1) is 121. The van der Waals surface area contributed by atoms with Gasteiger partial charge in [-0.15, -0.1) is 0 Å². The Balaban J connectivity index is -0.000000422. The zero-order valence-corrected chi connectivity index (χ0v) is 80.3. The average Bonchev–Trinajstić information content (AvgIpc) is 0.799. The van der Waals surface area contributed by atoms with Gasteiger partial charge < -0.3 is 55.0 Å². The van der Waals surface area contributed by atoms with E-state index in [9.17, 15) is 48.6 Å². The Kier molecular flexibility index (Phi) is 74.3. The van der Waals surface area contributed by atoms with Crippen LogP contribution in [0.25, 0.3) is 38.5 Å². The van der Waals surface area contributed by atoms with Gasteiger partial charge in [0.05, 0.1) is 45.5 Å². The summed E-state index contributed by atoms with van der Waals surface area (Å²) < 4.78 is 5.24. The van der Waals surface area contributed by atoms with Crippen LogP contribution in [-0.2, 0) is 37.5 Å². The Morgan fingerprint density at radius 2 is 0.713 bits per heavy atom. The van der Waals surface area contributed by atoms with Gasteiger partial charge in [-0.3, -0.25) is 33.8 Å². The van der Waals surface area contributed by atoms with Crippen LogP contribution in [0.15, 0.2) is 147 Å². The standard InChI is InChI=1S/C15H17NO2.C14H17NO3.C14H15NO2.C13H13NO4.C9H10O2.3C6H12.C5H11N.C3H8.5C2H6.CH5NO/c1-4-11-6-7-14-12(8-11)15(18)13(10(3)17)9-16(14)5-2;1-9-4-5-10(2)12(6-9)14(18)13(11(3)17)7-15-8-16;1-4-15-8-12(10(3)16)14(17)11-7-9(2)5-6-13(11)15;1-2-8-3-4-11-9(5-8)12(16)10(13(17)18)6-14(11)7-15;1-6-3-4-7(2)8(5-6)9(10)11;3*1-2-4-6-5-3-1;1-4-5-6(2)3;1-3-2;5*1-2;2-1-3/h6-9H,4-5H2,1-3H3;4-7,16,18H,8H2,1-3H3;5-8H,4H2,1-3H3;3-6,15H,2,7H2,1H3,(H,17,18);3-5H,1-2H3,(H,10,11);3*1-6H2;4-5H,1-3H3;3H2,1-2H3;5*1-2H3;3H,1-2H2/b;;;;;;;;5-4+;;;;;;;. The molecule has 0 radical (unpaired) electrons. The zero-order chi connectivity index (χ0) is 94.4. The number of carboxylic acid groups (broad SMARTS) is 2. The molecule has 0 aliphatic heterocycles. The van der Waals surface area contributed by atoms with E-state index in [1.165, 1.54) is 160 Å². The molecule has 3 saturated carbocycles. The highest BCUT2D eigenvalue weighted by atomic mass is 16.4. The number of aliphatic imine (C=N–C) groups is 1. The monoisotopic (exact) mass is 1700 g/mol. The number of carbonyl (C=O) groups excluding carboxylic acids is 3. The van der Waals surface area contributed by atoms with Gasteiger partial charge in [0.1, 0.15) is 24.8 Å². The van der Waals surface area contributed by atoms with Crippen LogP contribution in [0.1, 0.15) is 346 Å². The Labute approximate surface area is 734 Å². The van der Waals surface area contributed by atoms with Crippen LogP contribution in [-0.4, -0.2) is 112 Å². The van der Waals surface area contributed by atoms with Crippen molar-refractivity contribution < 1.29 is 54.6 Å². The van der Waals surface area contributed by atoms with Gasteiger partial charge in [-0.2, -0.15) is 0 Å². The van der Waals surface area contributed by atoms with E-state index in [0.29, 0.717) is 32.8 Å². The molecule has 0 saturated heterocycles. The van der Waals surface area contributed by atoms with Crippen molar-refractivity contribution in [2.24, 2.45) is 10.7 Å². The Morgan fingerprint density at radius 3 is 0.984 bits per heavy atom. The number of ketones is 3. The molecule has 5 aromatic carbocycles. The highest BCUT2D eigenvalue weighted by Gasteiger charge is 2.18. The van der Waals surface area contributed by atoms with E-state index in [1.807, 2.05) is 239 Å². The number of rotatable bonds is 14. The summed E-state index contributed by atoms with van der Waals surface area (Å²) in [6.07, 6.45) is 39.6. The van der Waals surface area contributed by atoms with Crippen molar-refractivity contribution in [2.75, 3.05) is 27.6 Å². The number of nitrogens with two attached hydrogens (primary N) is 1. The smallest absolute Gasteiger partial charge is 0.341 e. The minimum atomic E-state index is -1.29. The van der Waals surface area contributed by atoms with Crippen molar-refractivity contribution in [1.29, 1.82) is 0 Å². The first-order chi connectivity index (χ1) is 58.4. The molecule has 0 amide bonds. The number of carbonyl (C=O) groups is 5. The van der Waals surface area contributed by atoms with E-state index in [4.69, 9.17) is 20.4 Å². The molecule has 3 fully saturated rings. The topological polar surface area (TPSA) is 314 Å². The molecule has 0 unspecified atom stereocenters. The third kappa shape index (κ3) is 47.6. The first-order valence-corrected chi connectivity index (χ1v) is 44.7. The van der Waals surface area contributed by atoms with Gasteiger partial charge in [0.25, 0.3) is 0 Å². The van der Waals surface area contributed by atoms with Crippen molar-refractivity contribution in [3.63, 3.8) is 0 Å². The van der Waals surface area contributed by atoms with Gasteiger partial charge in [0.2, 0.25) is 5.43 Å². The molecule has 8 aromatic rings. The lowest BCUT2D eigenvalue weighted by Crippen LogP contribution is -2.19. The van der Waals surface area contributed by atoms with E-state index in [-0.39, 0.29) is 69.7 Å². The fourth-order valence-corrected chi connectivity index (χ4v) is 12.2. The fraction of sp³-hybridized carbons (Fsp3) is 0.520. The molecular weight excluding hydrogens is 1530 g/mol. The summed E-state index contributed by atoms with van der Waals surface area (Å²) in [5.41, 5.74) is 13.9. The van der Waals surface area contributed by atoms with Crippen LogP contribution in [0.5, 0.6) is 0 Å². The van der Waals surface area contributed by atoms with E-state index in [0.717, 1.165) is 75.9 Å². The van der Waals surface area contributed by atoms with Crippen molar-refractivity contribution in [3.05, 3.63) is 225 Å². The second kappa shape index (κ2) is 75.0. The lowest BCUT2D eigenvalue weighted by Gasteiger charge is -2.11. The highest BCUT2D eigenvalue weighted by molar-refractivity contribution is 6.17. The summed E-state index contributed by atoms with van der Waals surface area (Å²) in [7, 11) is 4.00. The minimum Gasteiger partial charge on any atom is -0.506 e. The van der Waals surface area contributed by atoms with Crippen molar-refractivity contribution in [3.8, 4) is 0 Å². The quantitative estimate of drug-likeness (QED) is 0.0175. The number of aryl methyl sites for hydroxylation is 9. The Bertz CT molecular complexity index is 4320. The molecule has 11 rings (SSSR count). The SMILES string of the molecule is C/C=C/N(C)C.C1CCCCC1.C1CCCCC1.C1CCCCC1.CC.CC.CC.CC.CC.CC(=O)C(C=NCO)=C(O)c1cc(C)ccc1C.CCC.CCc1ccc2c(c1)c(=O)c(C(=O)O)cn2CO.CCc1ccc2c(c1)c(=O)c(C(C)=O)cn2CC.CCn1cc(C(C)=O)c(=O)c2cc(C)ccc21.Cc1ccc(C)c(C(=O)O)c1.NCO. The molecule has 8 N–H and O–H groups in total. The number of nitrogens with zero attached hydrogens (tertiary/aromatic N) is 5. The van der Waals surface area contributed by atoms with E-state index in [2.05, 4.69) is 24.6 Å². The molecule has 0 atom stereocenters. The number of pyridine rings is 3. The van der Waals surface area contributed by atoms with Gasteiger partial charge in [0.15, 0.2) is 28.2 Å². The second-order valence-electron chi connectivity index (χ2n) is 28.1. The van der Waals surface area contributed by atoms with E-state index in [1.54, 1.807) is 43.6 Å². The number of aromatic nitrogens is 3. The average molecular weight is 1700 g/mol. The molecular formula is C102H162N6O14. The molecule has 122 heavy (non-hydrogen) atoms. The number of aliphatic hydroxyl groups excluding tert-OH is 4. The molecule has 3 aromatic heterocycles. The normalized spacial score (nSPS) is 12.0. The van der Waals surface area contributed by atoms with Crippen molar-refractivity contribution >= 4 is 74.0 Å². The van der Waals surface area contributed by atoms with Gasteiger partial charge in [-0.05, 0) is 166 Å². The summed E-state index contributed by atoms with van der Waals surface area (Å²) in [5, 5.41) is 54.6. The van der Waals surface area contributed by atoms with E-state index >= 15 is 0 Å². The number of hydrogen-bond acceptors (Lipinski definition) is 15. The predicted octanol–water partition coefficient (Wildman–Crippen LogP) is 24.3. The molecule has 0 bridgehead atoms. The van der Waals surface area contributed by atoms with Crippen LogP contribution in [0, 0.1) is 34.6 Å². The van der Waals surface area contributed by atoms with Crippen LogP contribution in [0.4, 0.5) is 0 Å². The van der Waals surface area contributed by atoms with Crippen LogP contribution < -0.4 is 22.0 Å². The number of aromatic carboxylic acids is 2. The predicted molar refractivity (Wildman–Crippen MR) is 519 cm³/mol. The van der Waals surface area contributed by atoms with Crippen molar-refractivity contribution in [1.82, 2.24) is 18.6 Å². The van der Waals surface area contributed by atoms with Gasteiger partial charge in [0, 0.05) is 73.7 Å². The maximum Gasteiger partial charge on any atom is 0.341 e. The lowest BCUT2D eigenvalue weighted by atomic mass is 10.00. The number of hydrogen-bond donors (Lipinski definition) is 7. The summed E-state index contributed by atoms with van der Waals surface area (Å²) >= 11 is 0. The highest BCUT2D eigenvalue weighted by Crippen LogP contribution is 2.24. The number of aliphatic hydroxyl groups is 4. The number of fused-ring (bicyclic) bond motifs is 3. The maximum atomic E-state index is 12.3. The molecule has 20 nitrogen and oxygen atoms in total. The van der Waals surface area contributed by atoms with Crippen LogP contribution in [0.3, 0.4) is 0 Å². The molecule has 3 heterocycles. The molecule has 20 heteroatoms. The Hall–Kier alpha value is -9.73. The second-order valence-corrected chi connectivity index (χ2v) is 28.1. The molecule has 3 aliphatic carbocycles. The number of carboxylic acids is 2. The van der Waals surface area contributed by atoms with Gasteiger partial charge in [-0.1, -0.05) is 284 Å². The van der Waals surface area contributed by atoms with Crippen molar-refractivity contribution in [2.45, 2.75) is 328 Å². The summed E-state index contributed by atoms with van der Waals surface area (Å²) in [4.78, 5) is 98.0. The minimum absolute atomic E-state index is 0.0951. The maximum absolute atomic E-state index is 12.3. The number of allylic oxidation sites excluding steroid dienone is 2. The lowest BCUT2D eigenvalue weighted by molar-refractivity contribution is -0.113. The summed E-state index contributed by atoms with van der Waals surface area (Å²) in [5.74, 6) is -2.91. The molecule has 0 spiro atoms. The summed E-state index contributed by atoms with van der Waals surface area (Å²) in [6.45, 7) is 48.3. The third-order valence-corrected chi connectivity index (χ3v) is 18.3. The van der Waals surface area contributed by atoms with Gasteiger partial charge >= 0.3 is 11.9 Å². The third-order valence-electron chi connectivity index (χ3n) is 18.3. The Morgan fingerprint density at radius 1 is 0.426 bits per heavy atom. The number of Topliss-reactive ketones (excluding diaryl/α,β-unsaturated/α-hetero) is 3. The fourth-order valence-electron chi connectivity index (χ4n) is 12.2. The first-order valence-electron chi connectivity index (χ1n) is 44.7. The number of benzene rings is 5. The van der Waals surface area contributed by atoms with Crippen LogP contribution >= 0.6 is 0 Å². The summed E-state index contributed by atoms with van der Waals surface area (Å²) in [6, 6.07) is 27.9. The van der Waals surface area contributed by atoms with E-state index < -0.39 is 24.1 Å². The van der Waals surface area contributed by atoms with Gasteiger partial charge in [-0.25, -0.2) is 9.59 Å². The van der Waals surface area contributed by atoms with Crippen LogP contribution in [0.2, 0.25) is 0 Å². The molecule has 684 valence electrons. The largest absolute Gasteiger partial charge is 0.506 e. The molecule has 3 aliphatic rings.